The Balaban J connectivity index is 2.21. The van der Waals surface area contributed by atoms with Crippen LogP contribution in [0.15, 0.2) is 18.3 Å². The molecule has 2 heterocycles. The van der Waals surface area contributed by atoms with Crippen molar-refractivity contribution in [3.8, 4) is 0 Å². The maximum absolute atomic E-state index is 10.6. The van der Waals surface area contributed by atoms with Crippen molar-refractivity contribution in [2.24, 2.45) is 5.92 Å². The van der Waals surface area contributed by atoms with Crippen LogP contribution < -0.4 is 0 Å². The maximum Gasteiger partial charge on any atom is 0.303 e. The molecule has 0 aromatic carbocycles. The molecule has 0 atom stereocenters. The Morgan fingerprint density at radius 3 is 2.95 bits per heavy atom. The van der Waals surface area contributed by atoms with E-state index in [-0.39, 0.29) is 6.42 Å². The van der Waals surface area contributed by atoms with Crippen molar-refractivity contribution in [3.63, 3.8) is 0 Å². The summed E-state index contributed by atoms with van der Waals surface area (Å²) in [5, 5.41) is 8.74. The van der Waals surface area contributed by atoms with E-state index in [0.29, 0.717) is 18.8 Å². The summed E-state index contributed by atoms with van der Waals surface area (Å²) in [4.78, 5) is 19.6. The number of carboxylic acid groups (broad SMARTS) is 1. The number of aromatic nitrogens is 3. The number of hydrogen-bond acceptors (Lipinski definition) is 3. The third kappa shape index (κ3) is 3.56. The normalized spacial score (nSPS) is 11.3. The number of carboxylic acids is 1. The molecule has 0 aliphatic heterocycles. The van der Waals surface area contributed by atoms with E-state index in [1.807, 2.05) is 12.1 Å². The number of rotatable bonds is 7. The minimum Gasteiger partial charge on any atom is -0.481 e. The smallest absolute Gasteiger partial charge is 0.303 e. The van der Waals surface area contributed by atoms with Crippen LogP contribution in [0.25, 0.3) is 11.2 Å². The van der Waals surface area contributed by atoms with Crippen molar-refractivity contribution in [3.05, 3.63) is 24.2 Å². The van der Waals surface area contributed by atoms with Gasteiger partial charge >= 0.3 is 5.97 Å². The second-order valence-corrected chi connectivity index (χ2v) is 5.46. The Labute approximate surface area is 118 Å². The highest BCUT2D eigenvalue weighted by Gasteiger charge is 2.12. The number of hydrogen-bond donors (Lipinski definition) is 1. The Morgan fingerprint density at radius 2 is 2.25 bits per heavy atom. The molecule has 0 unspecified atom stereocenters. The molecule has 2 aromatic rings. The summed E-state index contributed by atoms with van der Waals surface area (Å²) in [5.74, 6) is 0.802. The molecule has 20 heavy (non-hydrogen) atoms. The topological polar surface area (TPSA) is 68.0 Å². The zero-order chi connectivity index (χ0) is 14.5. The van der Waals surface area contributed by atoms with Gasteiger partial charge in [0.05, 0.1) is 0 Å². The summed E-state index contributed by atoms with van der Waals surface area (Å²) in [6.07, 6.45) is 4.31. The zero-order valence-corrected chi connectivity index (χ0v) is 12.0. The number of fused-ring (bicyclic) bond motifs is 1. The second-order valence-electron chi connectivity index (χ2n) is 5.46. The first-order valence-electron chi connectivity index (χ1n) is 7.10. The quantitative estimate of drug-likeness (QED) is 0.843. The Bertz CT molecular complexity index is 590. The molecular weight excluding hydrogens is 254 g/mol. The van der Waals surface area contributed by atoms with Gasteiger partial charge < -0.3 is 9.67 Å². The van der Waals surface area contributed by atoms with E-state index in [1.165, 1.54) is 0 Å². The zero-order valence-electron chi connectivity index (χ0n) is 12.0. The van der Waals surface area contributed by atoms with Gasteiger partial charge in [-0.15, -0.1) is 0 Å². The summed E-state index contributed by atoms with van der Waals surface area (Å²) >= 11 is 0. The number of aryl methyl sites for hydroxylation is 2. The van der Waals surface area contributed by atoms with Crippen molar-refractivity contribution >= 4 is 17.1 Å². The van der Waals surface area contributed by atoms with E-state index < -0.39 is 5.97 Å². The van der Waals surface area contributed by atoms with Crippen LogP contribution in [-0.2, 0) is 17.8 Å². The van der Waals surface area contributed by atoms with Crippen molar-refractivity contribution < 1.29 is 9.90 Å². The molecule has 0 aliphatic rings. The fourth-order valence-corrected chi connectivity index (χ4v) is 2.22. The lowest BCUT2D eigenvalue weighted by molar-refractivity contribution is -0.137. The molecule has 0 aliphatic carbocycles. The molecule has 5 nitrogen and oxygen atoms in total. The van der Waals surface area contributed by atoms with Crippen LogP contribution >= 0.6 is 0 Å². The predicted octanol–water partition coefficient (Wildman–Crippen LogP) is 2.88. The van der Waals surface area contributed by atoms with Gasteiger partial charge in [0.15, 0.2) is 5.65 Å². The summed E-state index contributed by atoms with van der Waals surface area (Å²) in [5.41, 5.74) is 1.79. The highest BCUT2D eigenvalue weighted by Crippen LogP contribution is 2.17. The van der Waals surface area contributed by atoms with Crippen LogP contribution in [-0.4, -0.2) is 25.6 Å². The first-order valence-corrected chi connectivity index (χ1v) is 7.10. The van der Waals surface area contributed by atoms with E-state index in [0.717, 1.165) is 30.0 Å². The van der Waals surface area contributed by atoms with E-state index in [1.54, 1.807) is 6.20 Å². The molecule has 0 saturated carbocycles. The van der Waals surface area contributed by atoms with E-state index in [2.05, 4.69) is 28.4 Å². The van der Waals surface area contributed by atoms with Crippen LogP contribution in [0.2, 0.25) is 0 Å². The third-order valence-corrected chi connectivity index (χ3v) is 3.30. The average Bonchev–Trinajstić information content (AvgIpc) is 2.73. The Hall–Kier alpha value is -1.91. The summed E-state index contributed by atoms with van der Waals surface area (Å²) < 4.78 is 2.14. The summed E-state index contributed by atoms with van der Waals surface area (Å²) in [6, 6.07) is 3.83. The minimum absolute atomic E-state index is 0.181. The molecule has 0 bridgehead atoms. The van der Waals surface area contributed by atoms with Gasteiger partial charge in [-0.2, -0.15) is 0 Å². The first-order chi connectivity index (χ1) is 9.58. The lowest BCUT2D eigenvalue weighted by atomic mass is 10.1. The van der Waals surface area contributed by atoms with Gasteiger partial charge in [-0.1, -0.05) is 13.8 Å². The lowest BCUT2D eigenvalue weighted by Crippen LogP contribution is -2.08. The molecule has 2 rings (SSSR count). The van der Waals surface area contributed by atoms with E-state index in [9.17, 15) is 4.79 Å². The van der Waals surface area contributed by atoms with Gasteiger partial charge in [0.25, 0.3) is 0 Å². The van der Waals surface area contributed by atoms with E-state index in [4.69, 9.17) is 5.11 Å². The Kier molecular flexibility index (Phi) is 4.71. The molecule has 108 valence electrons. The second kappa shape index (κ2) is 6.50. The molecule has 5 heteroatoms. The standard InChI is InChI=1S/C15H21N3O2/c1-11(2)8-10-18-13(6-3-7-14(19)20)17-12-5-4-9-16-15(12)18/h4-5,9,11H,3,6-8,10H2,1-2H3,(H,19,20). The van der Waals surface area contributed by atoms with Crippen molar-refractivity contribution in [2.75, 3.05) is 0 Å². The monoisotopic (exact) mass is 275 g/mol. The minimum atomic E-state index is -0.757. The fourth-order valence-electron chi connectivity index (χ4n) is 2.22. The van der Waals surface area contributed by atoms with Gasteiger partial charge in [-0.3, -0.25) is 4.79 Å². The van der Waals surface area contributed by atoms with Crippen molar-refractivity contribution in [1.29, 1.82) is 0 Å². The van der Waals surface area contributed by atoms with Gasteiger partial charge in [0.1, 0.15) is 11.3 Å². The third-order valence-electron chi connectivity index (χ3n) is 3.30. The predicted molar refractivity (Wildman–Crippen MR) is 77.6 cm³/mol. The highest BCUT2D eigenvalue weighted by atomic mass is 16.4. The lowest BCUT2D eigenvalue weighted by Gasteiger charge is -2.10. The van der Waals surface area contributed by atoms with Gasteiger partial charge in [-0.25, -0.2) is 9.97 Å². The first kappa shape index (κ1) is 14.5. The molecule has 2 aromatic heterocycles. The van der Waals surface area contributed by atoms with Gasteiger partial charge in [0, 0.05) is 25.6 Å². The van der Waals surface area contributed by atoms with E-state index >= 15 is 0 Å². The molecular formula is C15H21N3O2. The van der Waals surface area contributed by atoms with Crippen molar-refractivity contribution in [1.82, 2.24) is 14.5 Å². The van der Waals surface area contributed by atoms with Gasteiger partial charge in [-0.05, 0) is 30.9 Å². The molecule has 0 fully saturated rings. The van der Waals surface area contributed by atoms with Crippen LogP contribution in [0.1, 0.15) is 38.9 Å². The highest BCUT2D eigenvalue weighted by molar-refractivity contribution is 5.71. The van der Waals surface area contributed by atoms with Gasteiger partial charge in [0.2, 0.25) is 0 Å². The molecule has 0 spiro atoms. The van der Waals surface area contributed by atoms with Crippen LogP contribution in [0, 0.1) is 5.92 Å². The average molecular weight is 275 g/mol. The molecule has 1 N–H and O–H groups in total. The van der Waals surface area contributed by atoms with Crippen LogP contribution in [0.3, 0.4) is 0 Å². The Morgan fingerprint density at radius 1 is 1.45 bits per heavy atom. The van der Waals surface area contributed by atoms with Crippen LogP contribution in [0.5, 0.6) is 0 Å². The maximum atomic E-state index is 10.6. The molecule has 0 radical (unpaired) electrons. The summed E-state index contributed by atoms with van der Waals surface area (Å²) in [6.45, 7) is 5.26. The fraction of sp³-hybridized carbons (Fsp3) is 0.533. The van der Waals surface area contributed by atoms with Crippen molar-refractivity contribution in [2.45, 2.75) is 46.1 Å². The number of carbonyl (C=O) groups is 1. The molecule has 0 amide bonds. The number of imidazole rings is 1. The number of pyridine rings is 1. The number of aliphatic carboxylic acids is 1. The largest absolute Gasteiger partial charge is 0.481 e. The molecule has 0 saturated heterocycles. The number of nitrogens with zero attached hydrogens (tertiary/aromatic N) is 3. The summed E-state index contributed by atoms with van der Waals surface area (Å²) in [7, 11) is 0. The SMILES string of the molecule is CC(C)CCn1c(CCCC(=O)O)nc2cccnc21. The van der Waals surface area contributed by atoms with Crippen LogP contribution in [0.4, 0.5) is 0 Å².